The highest BCUT2D eigenvalue weighted by atomic mass is 19.2. The predicted molar refractivity (Wildman–Crippen MR) is 61.9 cm³/mol. The molecule has 0 amide bonds. The Morgan fingerprint density at radius 3 is 2.47 bits per heavy atom. The molecule has 3 heteroatoms. The van der Waals surface area contributed by atoms with Crippen molar-refractivity contribution in [3.05, 3.63) is 59.2 Å². The van der Waals surface area contributed by atoms with Gasteiger partial charge in [0, 0.05) is 11.1 Å². The monoisotopic (exact) mass is 232 g/mol. The van der Waals surface area contributed by atoms with Crippen LogP contribution in [0.3, 0.4) is 0 Å². The van der Waals surface area contributed by atoms with Gasteiger partial charge in [-0.15, -0.1) is 0 Å². The maximum atomic E-state index is 13.6. The van der Waals surface area contributed by atoms with E-state index in [0.29, 0.717) is 11.1 Å². The maximum Gasteiger partial charge on any atom is 0.166 e. The lowest BCUT2D eigenvalue weighted by atomic mass is 9.98. The minimum Gasteiger partial charge on any atom is -0.298 e. The fourth-order valence-electron chi connectivity index (χ4n) is 1.77. The number of aryl methyl sites for hydroxylation is 1. The highest BCUT2D eigenvalue weighted by Crippen LogP contribution is 2.27. The summed E-state index contributed by atoms with van der Waals surface area (Å²) in [5.74, 6) is -1.74. The van der Waals surface area contributed by atoms with E-state index in [9.17, 15) is 13.6 Å². The average molecular weight is 232 g/mol. The average Bonchev–Trinajstić information content (AvgIpc) is 2.33. The normalized spacial score (nSPS) is 10.3. The number of aldehydes is 1. The zero-order valence-electron chi connectivity index (χ0n) is 9.21. The van der Waals surface area contributed by atoms with Gasteiger partial charge in [0.25, 0.3) is 0 Å². The van der Waals surface area contributed by atoms with E-state index in [1.54, 1.807) is 25.1 Å². The quantitative estimate of drug-likeness (QED) is 0.720. The Morgan fingerprint density at radius 1 is 1.06 bits per heavy atom. The van der Waals surface area contributed by atoms with Gasteiger partial charge in [0.15, 0.2) is 11.6 Å². The molecular weight excluding hydrogens is 222 g/mol. The summed E-state index contributed by atoms with van der Waals surface area (Å²) < 4.78 is 26.7. The minimum atomic E-state index is -0.874. The van der Waals surface area contributed by atoms with Crippen LogP contribution in [0.15, 0.2) is 36.4 Å². The van der Waals surface area contributed by atoms with Crippen LogP contribution in [0.25, 0.3) is 11.1 Å². The summed E-state index contributed by atoms with van der Waals surface area (Å²) in [6.07, 6.45) is 0.721. The molecule has 0 heterocycles. The molecule has 0 radical (unpaired) electrons. The number of halogens is 2. The molecule has 0 aromatic heterocycles. The molecule has 0 aliphatic heterocycles. The molecule has 0 aliphatic carbocycles. The molecule has 0 N–H and O–H groups in total. The molecule has 0 fully saturated rings. The molecule has 0 atom stereocenters. The van der Waals surface area contributed by atoms with Gasteiger partial charge in [-0.25, -0.2) is 8.78 Å². The lowest BCUT2D eigenvalue weighted by Gasteiger charge is -2.08. The summed E-state index contributed by atoms with van der Waals surface area (Å²) in [5.41, 5.74) is 2.05. The maximum absolute atomic E-state index is 13.6. The second-order valence-corrected chi connectivity index (χ2v) is 3.79. The highest BCUT2D eigenvalue weighted by molar-refractivity contribution is 5.78. The third kappa shape index (κ3) is 2.09. The Balaban J connectivity index is 2.61. The minimum absolute atomic E-state index is 0.208. The summed E-state index contributed by atoms with van der Waals surface area (Å²) in [6.45, 7) is 1.76. The second-order valence-electron chi connectivity index (χ2n) is 3.79. The van der Waals surface area contributed by atoms with Crippen molar-refractivity contribution in [1.29, 1.82) is 0 Å². The van der Waals surface area contributed by atoms with E-state index >= 15 is 0 Å². The number of hydrogen-bond acceptors (Lipinski definition) is 1. The first-order valence-electron chi connectivity index (χ1n) is 5.13. The molecule has 17 heavy (non-hydrogen) atoms. The first-order chi connectivity index (χ1) is 8.13. The van der Waals surface area contributed by atoms with Crippen molar-refractivity contribution in [1.82, 2.24) is 0 Å². The summed E-state index contributed by atoms with van der Waals surface area (Å²) in [6, 6.07) is 8.90. The van der Waals surface area contributed by atoms with Gasteiger partial charge < -0.3 is 0 Å². The van der Waals surface area contributed by atoms with Crippen LogP contribution in [0.1, 0.15) is 15.9 Å². The van der Waals surface area contributed by atoms with Gasteiger partial charge in [-0.1, -0.05) is 24.3 Å². The van der Waals surface area contributed by atoms with Crippen LogP contribution in [-0.2, 0) is 0 Å². The molecule has 0 saturated heterocycles. The molecule has 0 unspecified atom stereocenters. The molecule has 2 rings (SSSR count). The lowest BCUT2D eigenvalue weighted by molar-refractivity contribution is 0.112. The topological polar surface area (TPSA) is 17.1 Å². The van der Waals surface area contributed by atoms with Crippen LogP contribution in [0, 0.1) is 18.6 Å². The van der Waals surface area contributed by atoms with E-state index in [1.165, 1.54) is 12.1 Å². The van der Waals surface area contributed by atoms with Crippen molar-refractivity contribution < 1.29 is 13.6 Å². The SMILES string of the molecule is Cc1cc(C=O)ccc1-c1cccc(F)c1F. The molecule has 2 aromatic rings. The van der Waals surface area contributed by atoms with Gasteiger partial charge in [0.05, 0.1) is 0 Å². The van der Waals surface area contributed by atoms with Crippen molar-refractivity contribution in [3.8, 4) is 11.1 Å². The largest absolute Gasteiger partial charge is 0.298 e. The molecule has 1 nitrogen and oxygen atoms in total. The van der Waals surface area contributed by atoms with Crippen molar-refractivity contribution in [2.45, 2.75) is 6.92 Å². The predicted octanol–water partition coefficient (Wildman–Crippen LogP) is 3.75. The Kier molecular flexibility index (Phi) is 3.00. The first kappa shape index (κ1) is 11.5. The van der Waals surface area contributed by atoms with Crippen molar-refractivity contribution in [3.63, 3.8) is 0 Å². The Bertz CT molecular complexity index is 576. The standard InChI is InChI=1S/C14H10F2O/c1-9-7-10(8-17)5-6-11(9)12-3-2-4-13(15)14(12)16/h2-8H,1H3. The molecule has 0 aliphatic rings. The van der Waals surface area contributed by atoms with E-state index in [4.69, 9.17) is 0 Å². The number of rotatable bonds is 2. The van der Waals surface area contributed by atoms with Gasteiger partial charge in [-0.3, -0.25) is 4.79 Å². The van der Waals surface area contributed by atoms with Gasteiger partial charge in [-0.2, -0.15) is 0 Å². The Hall–Kier alpha value is -2.03. The Morgan fingerprint density at radius 2 is 1.82 bits per heavy atom. The molecule has 0 spiro atoms. The second kappa shape index (κ2) is 4.45. The third-order valence-electron chi connectivity index (χ3n) is 2.63. The van der Waals surface area contributed by atoms with E-state index in [1.807, 2.05) is 0 Å². The zero-order chi connectivity index (χ0) is 12.4. The summed E-state index contributed by atoms with van der Waals surface area (Å²) in [5, 5.41) is 0. The molecule has 0 saturated carbocycles. The summed E-state index contributed by atoms with van der Waals surface area (Å²) in [4.78, 5) is 10.6. The van der Waals surface area contributed by atoms with Crippen LogP contribution < -0.4 is 0 Å². The molecule has 2 aromatic carbocycles. The number of hydrogen-bond donors (Lipinski definition) is 0. The fourth-order valence-corrected chi connectivity index (χ4v) is 1.77. The fraction of sp³-hybridized carbons (Fsp3) is 0.0714. The Labute approximate surface area is 97.7 Å². The molecule has 86 valence electrons. The smallest absolute Gasteiger partial charge is 0.166 e. The highest BCUT2D eigenvalue weighted by Gasteiger charge is 2.11. The number of benzene rings is 2. The summed E-state index contributed by atoms with van der Waals surface area (Å²) in [7, 11) is 0. The summed E-state index contributed by atoms with van der Waals surface area (Å²) >= 11 is 0. The van der Waals surface area contributed by atoms with E-state index in [-0.39, 0.29) is 5.56 Å². The van der Waals surface area contributed by atoms with Crippen LogP contribution >= 0.6 is 0 Å². The van der Waals surface area contributed by atoms with Gasteiger partial charge in [0.1, 0.15) is 6.29 Å². The lowest BCUT2D eigenvalue weighted by Crippen LogP contribution is -1.92. The van der Waals surface area contributed by atoms with Crippen molar-refractivity contribution in [2.75, 3.05) is 0 Å². The van der Waals surface area contributed by atoms with Gasteiger partial charge in [0.2, 0.25) is 0 Å². The molecular formula is C14H10F2O. The van der Waals surface area contributed by atoms with Crippen LogP contribution in [0.5, 0.6) is 0 Å². The third-order valence-corrected chi connectivity index (χ3v) is 2.63. The van der Waals surface area contributed by atoms with Crippen LogP contribution in [0.2, 0.25) is 0 Å². The first-order valence-corrected chi connectivity index (χ1v) is 5.13. The number of carbonyl (C=O) groups excluding carboxylic acids is 1. The van der Waals surface area contributed by atoms with Crippen molar-refractivity contribution in [2.24, 2.45) is 0 Å². The van der Waals surface area contributed by atoms with Crippen molar-refractivity contribution >= 4 is 6.29 Å². The molecule has 0 bridgehead atoms. The van der Waals surface area contributed by atoms with E-state index in [2.05, 4.69) is 0 Å². The number of carbonyl (C=O) groups is 1. The van der Waals surface area contributed by atoms with Crippen LogP contribution in [-0.4, -0.2) is 6.29 Å². The zero-order valence-corrected chi connectivity index (χ0v) is 9.21. The van der Waals surface area contributed by atoms with E-state index < -0.39 is 11.6 Å². The van der Waals surface area contributed by atoms with Crippen LogP contribution in [0.4, 0.5) is 8.78 Å². The van der Waals surface area contributed by atoms with Gasteiger partial charge >= 0.3 is 0 Å². The van der Waals surface area contributed by atoms with E-state index in [0.717, 1.165) is 17.9 Å². The van der Waals surface area contributed by atoms with Gasteiger partial charge in [-0.05, 0) is 30.2 Å².